The third-order valence-corrected chi connectivity index (χ3v) is 3.44. The second-order valence-electron chi connectivity index (χ2n) is 5.23. The molecule has 0 amide bonds. The van der Waals surface area contributed by atoms with Crippen molar-refractivity contribution in [2.75, 3.05) is 5.73 Å². The van der Waals surface area contributed by atoms with Crippen LogP contribution >= 0.6 is 0 Å². The predicted octanol–water partition coefficient (Wildman–Crippen LogP) is 2.29. The molecule has 1 aromatic carbocycles. The van der Waals surface area contributed by atoms with Gasteiger partial charge in [0.15, 0.2) is 0 Å². The molecular formula is C15H23N5. The fraction of sp³-hybridized carbons (Fsp3) is 0.467. The maximum atomic E-state index is 5.73. The number of aryl methyl sites for hydroxylation is 1. The first-order valence-corrected chi connectivity index (χ1v) is 7.05. The van der Waals surface area contributed by atoms with Gasteiger partial charge >= 0.3 is 0 Å². The van der Waals surface area contributed by atoms with Crippen LogP contribution in [0.5, 0.6) is 0 Å². The maximum absolute atomic E-state index is 5.73. The minimum Gasteiger partial charge on any atom is -0.399 e. The molecule has 0 saturated carbocycles. The SMILES string of the molecule is CCn1ncnc1CN(Cc1ccc(N)cc1)C(C)C. The first-order valence-electron chi connectivity index (χ1n) is 7.05. The van der Waals surface area contributed by atoms with Gasteiger partial charge in [-0.05, 0) is 38.5 Å². The number of hydrogen-bond donors (Lipinski definition) is 1. The average molecular weight is 273 g/mol. The van der Waals surface area contributed by atoms with Crippen LogP contribution in [0.1, 0.15) is 32.2 Å². The van der Waals surface area contributed by atoms with E-state index in [1.165, 1.54) is 5.56 Å². The van der Waals surface area contributed by atoms with Crippen LogP contribution in [-0.2, 0) is 19.6 Å². The molecule has 108 valence electrons. The highest BCUT2D eigenvalue weighted by Gasteiger charge is 2.14. The fourth-order valence-electron chi connectivity index (χ4n) is 2.13. The summed E-state index contributed by atoms with van der Waals surface area (Å²) in [4.78, 5) is 6.73. The van der Waals surface area contributed by atoms with Crippen molar-refractivity contribution >= 4 is 5.69 Å². The summed E-state index contributed by atoms with van der Waals surface area (Å²) in [5.41, 5.74) is 7.79. The number of anilines is 1. The normalized spacial score (nSPS) is 11.4. The van der Waals surface area contributed by atoms with E-state index in [9.17, 15) is 0 Å². The lowest BCUT2D eigenvalue weighted by atomic mass is 10.1. The Kier molecular flexibility index (Phi) is 4.74. The van der Waals surface area contributed by atoms with Crippen LogP contribution < -0.4 is 5.73 Å². The van der Waals surface area contributed by atoms with Gasteiger partial charge in [0.2, 0.25) is 0 Å². The van der Waals surface area contributed by atoms with E-state index in [0.29, 0.717) is 6.04 Å². The van der Waals surface area contributed by atoms with Crippen molar-refractivity contribution in [2.45, 2.75) is 46.4 Å². The van der Waals surface area contributed by atoms with Crippen LogP contribution in [0.3, 0.4) is 0 Å². The Hall–Kier alpha value is -1.88. The van der Waals surface area contributed by atoms with E-state index in [2.05, 4.69) is 47.9 Å². The van der Waals surface area contributed by atoms with Gasteiger partial charge < -0.3 is 5.73 Å². The highest BCUT2D eigenvalue weighted by molar-refractivity contribution is 5.39. The molecule has 2 aromatic rings. The Balaban J connectivity index is 2.09. The third-order valence-electron chi connectivity index (χ3n) is 3.44. The van der Waals surface area contributed by atoms with Crippen molar-refractivity contribution in [3.05, 3.63) is 42.0 Å². The molecule has 0 aliphatic heterocycles. The molecule has 0 unspecified atom stereocenters. The number of nitrogens with two attached hydrogens (primary N) is 1. The van der Waals surface area contributed by atoms with E-state index in [4.69, 9.17) is 5.73 Å². The van der Waals surface area contributed by atoms with Crippen molar-refractivity contribution in [2.24, 2.45) is 0 Å². The number of benzene rings is 1. The van der Waals surface area contributed by atoms with Gasteiger partial charge in [-0.25, -0.2) is 9.67 Å². The van der Waals surface area contributed by atoms with Crippen molar-refractivity contribution in [1.82, 2.24) is 19.7 Å². The van der Waals surface area contributed by atoms with Crippen LogP contribution in [0.15, 0.2) is 30.6 Å². The van der Waals surface area contributed by atoms with Gasteiger partial charge in [-0.3, -0.25) is 4.90 Å². The largest absolute Gasteiger partial charge is 0.399 e. The first kappa shape index (κ1) is 14.5. The van der Waals surface area contributed by atoms with Crippen LogP contribution in [-0.4, -0.2) is 25.7 Å². The monoisotopic (exact) mass is 273 g/mol. The molecule has 20 heavy (non-hydrogen) atoms. The van der Waals surface area contributed by atoms with Crippen molar-refractivity contribution in [3.63, 3.8) is 0 Å². The molecule has 0 aliphatic carbocycles. The number of nitrogens with zero attached hydrogens (tertiary/aromatic N) is 4. The molecule has 0 bridgehead atoms. The molecule has 0 spiro atoms. The molecule has 0 fully saturated rings. The summed E-state index contributed by atoms with van der Waals surface area (Å²) >= 11 is 0. The number of nitrogen functional groups attached to an aromatic ring is 1. The summed E-state index contributed by atoms with van der Waals surface area (Å²) in [6, 6.07) is 8.49. The minimum absolute atomic E-state index is 0.439. The van der Waals surface area contributed by atoms with E-state index in [-0.39, 0.29) is 0 Å². The summed E-state index contributed by atoms with van der Waals surface area (Å²) in [5, 5.41) is 4.23. The van der Waals surface area contributed by atoms with E-state index in [1.54, 1.807) is 6.33 Å². The topological polar surface area (TPSA) is 60.0 Å². The Morgan fingerprint density at radius 1 is 1.20 bits per heavy atom. The smallest absolute Gasteiger partial charge is 0.141 e. The molecule has 0 aliphatic rings. The average Bonchev–Trinajstić information content (AvgIpc) is 2.87. The van der Waals surface area contributed by atoms with Crippen LogP contribution in [0.25, 0.3) is 0 Å². The van der Waals surface area contributed by atoms with E-state index in [0.717, 1.165) is 31.1 Å². The predicted molar refractivity (Wildman–Crippen MR) is 80.9 cm³/mol. The Bertz CT molecular complexity index is 529. The standard InChI is InChI=1S/C15H23N5/c1-4-20-15(17-11-18-20)10-19(12(2)3)9-13-5-7-14(16)8-6-13/h5-8,11-12H,4,9-10,16H2,1-3H3. The van der Waals surface area contributed by atoms with Gasteiger partial charge in [-0.1, -0.05) is 12.1 Å². The highest BCUT2D eigenvalue weighted by atomic mass is 15.3. The second-order valence-corrected chi connectivity index (χ2v) is 5.23. The van der Waals surface area contributed by atoms with Gasteiger partial charge in [-0.2, -0.15) is 5.10 Å². The van der Waals surface area contributed by atoms with Gasteiger partial charge in [0.1, 0.15) is 12.2 Å². The lowest BCUT2D eigenvalue weighted by Gasteiger charge is -2.26. The molecule has 1 heterocycles. The lowest BCUT2D eigenvalue weighted by Crippen LogP contribution is -2.31. The number of aromatic nitrogens is 3. The van der Waals surface area contributed by atoms with E-state index < -0.39 is 0 Å². The molecule has 1 aromatic heterocycles. The summed E-state index contributed by atoms with van der Waals surface area (Å²) in [7, 11) is 0. The zero-order chi connectivity index (χ0) is 14.5. The van der Waals surface area contributed by atoms with Crippen molar-refractivity contribution < 1.29 is 0 Å². The minimum atomic E-state index is 0.439. The molecule has 5 nitrogen and oxygen atoms in total. The number of rotatable bonds is 6. The van der Waals surface area contributed by atoms with Gasteiger partial charge in [0, 0.05) is 24.8 Å². The zero-order valence-electron chi connectivity index (χ0n) is 12.5. The highest BCUT2D eigenvalue weighted by Crippen LogP contribution is 2.13. The lowest BCUT2D eigenvalue weighted by molar-refractivity contribution is 0.195. The summed E-state index contributed by atoms with van der Waals surface area (Å²) < 4.78 is 1.94. The third kappa shape index (κ3) is 3.57. The van der Waals surface area contributed by atoms with E-state index >= 15 is 0 Å². The van der Waals surface area contributed by atoms with Crippen LogP contribution in [0.2, 0.25) is 0 Å². The Morgan fingerprint density at radius 3 is 2.50 bits per heavy atom. The maximum Gasteiger partial charge on any atom is 0.141 e. The van der Waals surface area contributed by atoms with Gasteiger partial charge in [0.25, 0.3) is 0 Å². The second kappa shape index (κ2) is 6.52. The number of hydrogen-bond acceptors (Lipinski definition) is 4. The van der Waals surface area contributed by atoms with Crippen LogP contribution in [0.4, 0.5) is 5.69 Å². The molecule has 5 heteroatoms. The quantitative estimate of drug-likeness (QED) is 0.820. The van der Waals surface area contributed by atoms with Gasteiger partial charge in [0.05, 0.1) is 6.54 Å². The summed E-state index contributed by atoms with van der Waals surface area (Å²) in [6.07, 6.45) is 1.63. The molecule has 2 rings (SSSR count). The zero-order valence-corrected chi connectivity index (χ0v) is 12.5. The van der Waals surface area contributed by atoms with Gasteiger partial charge in [-0.15, -0.1) is 0 Å². The first-order chi connectivity index (χ1) is 9.60. The fourth-order valence-corrected chi connectivity index (χ4v) is 2.13. The molecule has 0 saturated heterocycles. The van der Waals surface area contributed by atoms with Crippen molar-refractivity contribution in [3.8, 4) is 0 Å². The Morgan fingerprint density at radius 2 is 1.90 bits per heavy atom. The van der Waals surface area contributed by atoms with Crippen LogP contribution in [0, 0.1) is 0 Å². The molecule has 2 N–H and O–H groups in total. The van der Waals surface area contributed by atoms with Crippen molar-refractivity contribution in [1.29, 1.82) is 0 Å². The summed E-state index contributed by atoms with van der Waals surface area (Å²) in [6.45, 7) is 9.01. The molecule has 0 radical (unpaired) electrons. The van der Waals surface area contributed by atoms with E-state index in [1.807, 2.05) is 16.8 Å². The Labute approximate surface area is 120 Å². The summed E-state index contributed by atoms with van der Waals surface area (Å²) in [5.74, 6) is 1.01. The molecular weight excluding hydrogens is 250 g/mol. The molecule has 0 atom stereocenters.